The van der Waals surface area contributed by atoms with Gasteiger partial charge in [-0.05, 0) is 23.9 Å². The third-order valence-electron chi connectivity index (χ3n) is 4.77. The maximum Gasteiger partial charge on any atom is 0.169 e. The molecule has 27 heavy (non-hydrogen) atoms. The van der Waals surface area contributed by atoms with E-state index in [1.165, 1.54) is 5.39 Å². The molecule has 0 radical (unpaired) electrons. The normalized spacial score (nSPS) is 11.4. The van der Waals surface area contributed by atoms with Crippen LogP contribution in [-0.4, -0.2) is 24.1 Å². The molecule has 0 bridgehead atoms. The van der Waals surface area contributed by atoms with Crippen LogP contribution >= 0.6 is 0 Å². The molecule has 0 aliphatic rings. The molecule has 5 nitrogen and oxygen atoms in total. The summed E-state index contributed by atoms with van der Waals surface area (Å²) in [5, 5.41) is 1.18. The topological polar surface area (TPSA) is 48.5 Å². The minimum atomic E-state index is 0.716. The molecule has 0 spiro atoms. The Kier molecular flexibility index (Phi) is 3.71. The van der Waals surface area contributed by atoms with Gasteiger partial charge in [-0.3, -0.25) is 4.57 Å². The van der Waals surface area contributed by atoms with Crippen molar-refractivity contribution >= 4 is 22.1 Å². The van der Waals surface area contributed by atoms with Crippen LogP contribution in [0.3, 0.4) is 0 Å². The number of imidazole rings is 1. The maximum atomic E-state index is 4.91. The van der Waals surface area contributed by atoms with Crippen molar-refractivity contribution in [1.29, 1.82) is 0 Å². The molecule has 2 aromatic carbocycles. The predicted octanol–water partition coefficient (Wildman–Crippen LogP) is 4.85. The smallest absolute Gasteiger partial charge is 0.169 e. The predicted molar refractivity (Wildman–Crippen MR) is 108 cm³/mol. The van der Waals surface area contributed by atoms with Gasteiger partial charge in [0.1, 0.15) is 0 Å². The molecule has 5 rings (SSSR count). The van der Waals surface area contributed by atoms with Gasteiger partial charge in [0.25, 0.3) is 0 Å². The van der Waals surface area contributed by atoms with Gasteiger partial charge in [0, 0.05) is 18.3 Å². The molecule has 3 aromatic heterocycles. The summed E-state index contributed by atoms with van der Waals surface area (Å²) < 4.78 is 4.22. The lowest BCUT2D eigenvalue weighted by Crippen LogP contribution is -2.04. The highest BCUT2D eigenvalue weighted by Crippen LogP contribution is 2.27. The number of aryl methyl sites for hydroxylation is 1. The Bertz CT molecular complexity index is 1230. The van der Waals surface area contributed by atoms with Gasteiger partial charge in [0.15, 0.2) is 22.8 Å². The SMILES string of the molecule is CCCn1cnc2c(-n3ccc4ccccc43)nc(-c3ccccc3)nc21. The Morgan fingerprint density at radius 1 is 0.889 bits per heavy atom. The molecular weight excluding hydrogens is 334 g/mol. The minimum absolute atomic E-state index is 0.716. The molecule has 0 aliphatic carbocycles. The highest BCUT2D eigenvalue weighted by Gasteiger charge is 2.16. The molecule has 0 N–H and O–H groups in total. The number of benzene rings is 2. The molecule has 0 fully saturated rings. The first-order chi connectivity index (χ1) is 13.3. The van der Waals surface area contributed by atoms with E-state index in [9.17, 15) is 0 Å². The highest BCUT2D eigenvalue weighted by atomic mass is 15.2. The van der Waals surface area contributed by atoms with Crippen molar-refractivity contribution in [2.45, 2.75) is 19.9 Å². The van der Waals surface area contributed by atoms with E-state index in [0.717, 1.165) is 41.0 Å². The Balaban J connectivity index is 1.82. The summed E-state index contributed by atoms with van der Waals surface area (Å²) >= 11 is 0. The first-order valence-corrected chi connectivity index (χ1v) is 9.20. The van der Waals surface area contributed by atoms with Gasteiger partial charge in [-0.2, -0.15) is 0 Å². The van der Waals surface area contributed by atoms with Gasteiger partial charge in [-0.25, -0.2) is 15.0 Å². The molecule has 0 saturated carbocycles. The number of aromatic nitrogens is 5. The second-order valence-electron chi connectivity index (χ2n) is 6.59. The molecular formula is C22H19N5. The van der Waals surface area contributed by atoms with Crippen LogP contribution < -0.4 is 0 Å². The van der Waals surface area contributed by atoms with E-state index in [1.807, 2.05) is 48.8 Å². The number of rotatable bonds is 4. The zero-order valence-corrected chi connectivity index (χ0v) is 15.1. The fourth-order valence-corrected chi connectivity index (χ4v) is 3.49. The summed E-state index contributed by atoms with van der Waals surface area (Å²) in [5.41, 5.74) is 3.81. The molecule has 5 heteroatoms. The van der Waals surface area contributed by atoms with E-state index in [2.05, 4.69) is 45.4 Å². The van der Waals surface area contributed by atoms with Crippen LogP contribution in [0.1, 0.15) is 13.3 Å². The molecule has 3 heterocycles. The van der Waals surface area contributed by atoms with Gasteiger partial charge in [0.05, 0.1) is 11.8 Å². The van der Waals surface area contributed by atoms with Crippen LogP contribution in [0.25, 0.3) is 39.3 Å². The monoisotopic (exact) mass is 353 g/mol. The lowest BCUT2D eigenvalue weighted by Gasteiger charge is -2.09. The average molecular weight is 353 g/mol. The number of nitrogens with zero attached hydrogens (tertiary/aromatic N) is 5. The van der Waals surface area contributed by atoms with Crippen LogP contribution in [-0.2, 0) is 6.54 Å². The molecule has 5 aromatic rings. The fraction of sp³-hybridized carbons (Fsp3) is 0.136. The standard InChI is InChI=1S/C22H19N5/c1-2-13-26-15-23-19-21(26)24-20(17-9-4-3-5-10-17)25-22(19)27-14-12-16-8-6-7-11-18(16)27/h3-12,14-15H,2,13H2,1H3. The van der Waals surface area contributed by atoms with E-state index >= 15 is 0 Å². The van der Waals surface area contributed by atoms with Crippen molar-refractivity contribution in [3.05, 3.63) is 73.2 Å². The summed E-state index contributed by atoms with van der Waals surface area (Å²) in [6.45, 7) is 3.04. The fourth-order valence-electron chi connectivity index (χ4n) is 3.49. The summed E-state index contributed by atoms with van der Waals surface area (Å²) in [7, 11) is 0. The third-order valence-corrected chi connectivity index (χ3v) is 4.77. The van der Waals surface area contributed by atoms with Crippen LogP contribution in [0.15, 0.2) is 73.2 Å². The van der Waals surface area contributed by atoms with Crippen molar-refractivity contribution in [1.82, 2.24) is 24.1 Å². The highest BCUT2D eigenvalue weighted by molar-refractivity contribution is 5.87. The number of hydrogen-bond donors (Lipinski definition) is 0. The zero-order chi connectivity index (χ0) is 18.2. The molecule has 0 atom stereocenters. The van der Waals surface area contributed by atoms with Crippen LogP contribution in [0, 0.1) is 0 Å². The molecule has 0 amide bonds. The van der Waals surface area contributed by atoms with Crippen LogP contribution in [0.4, 0.5) is 0 Å². The molecule has 132 valence electrons. The van der Waals surface area contributed by atoms with Gasteiger partial charge >= 0.3 is 0 Å². The molecule has 0 aliphatic heterocycles. The zero-order valence-electron chi connectivity index (χ0n) is 15.1. The molecule has 0 saturated heterocycles. The van der Waals surface area contributed by atoms with Crippen molar-refractivity contribution < 1.29 is 0 Å². The first-order valence-electron chi connectivity index (χ1n) is 9.20. The first kappa shape index (κ1) is 15.8. The lowest BCUT2D eigenvalue weighted by atomic mass is 10.2. The van der Waals surface area contributed by atoms with Crippen molar-refractivity contribution in [2.75, 3.05) is 0 Å². The largest absolute Gasteiger partial charge is 0.315 e. The van der Waals surface area contributed by atoms with Crippen LogP contribution in [0.5, 0.6) is 0 Å². The number of fused-ring (bicyclic) bond motifs is 2. The Labute approximate surface area is 157 Å². The van der Waals surface area contributed by atoms with Crippen molar-refractivity contribution in [3.63, 3.8) is 0 Å². The number of hydrogen-bond acceptors (Lipinski definition) is 3. The Hall–Kier alpha value is -3.47. The van der Waals surface area contributed by atoms with Crippen molar-refractivity contribution in [3.8, 4) is 17.2 Å². The minimum Gasteiger partial charge on any atom is -0.315 e. The van der Waals surface area contributed by atoms with E-state index in [1.54, 1.807) is 0 Å². The van der Waals surface area contributed by atoms with E-state index < -0.39 is 0 Å². The maximum absolute atomic E-state index is 4.91. The summed E-state index contributed by atoms with van der Waals surface area (Å²) in [6, 6.07) is 20.5. The summed E-state index contributed by atoms with van der Waals surface area (Å²) in [4.78, 5) is 14.4. The van der Waals surface area contributed by atoms with Gasteiger partial charge < -0.3 is 4.57 Å². The van der Waals surface area contributed by atoms with Gasteiger partial charge in [-0.15, -0.1) is 0 Å². The summed E-state index contributed by atoms with van der Waals surface area (Å²) in [5.74, 6) is 1.53. The van der Waals surface area contributed by atoms with E-state index in [-0.39, 0.29) is 0 Å². The van der Waals surface area contributed by atoms with Crippen molar-refractivity contribution in [2.24, 2.45) is 0 Å². The van der Waals surface area contributed by atoms with Crippen LogP contribution in [0.2, 0.25) is 0 Å². The molecule has 0 unspecified atom stereocenters. The van der Waals surface area contributed by atoms with Gasteiger partial charge in [-0.1, -0.05) is 55.5 Å². The van der Waals surface area contributed by atoms with Gasteiger partial charge in [0.2, 0.25) is 0 Å². The second kappa shape index (κ2) is 6.36. The lowest BCUT2D eigenvalue weighted by molar-refractivity contribution is 0.691. The average Bonchev–Trinajstić information content (AvgIpc) is 3.33. The second-order valence-corrected chi connectivity index (χ2v) is 6.59. The quantitative estimate of drug-likeness (QED) is 0.464. The summed E-state index contributed by atoms with van der Waals surface area (Å²) in [6.07, 6.45) is 4.95. The Morgan fingerprint density at radius 2 is 1.70 bits per heavy atom. The Morgan fingerprint density at radius 3 is 2.56 bits per heavy atom. The van der Waals surface area contributed by atoms with E-state index in [4.69, 9.17) is 9.97 Å². The third kappa shape index (κ3) is 2.59. The van der Waals surface area contributed by atoms with E-state index in [0.29, 0.717) is 5.82 Å². The number of para-hydroxylation sites is 1.